The highest BCUT2D eigenvalue weighted by Gasteiger charge is 2.49. The zero-order valence-corrected chi connectivity index (χ0v) is 24.0. The Hall–Kier alpha value is -5.60. The molecule has 2 atom stereocenters. The quantitative estimate of drug-likeness (QED) is 0.122. The van der Waals surface area contributed by atoms with Crippen molar-refractivity contribution in [2.75, 3.05) is 13.1 Å². The highest BCUT2D eigenvalue weighted by atomic mass is 16.1. The van der Waals surface area contributed by atoms with Gasteiger partial charge < -0.3 is 0 Å². The van der Waals surface area contributed by atoms with E-state index in [1.54, 1.807) is 18.2 Å². The molecule has 44 heavy (non-hydrogen) atoms. The summed E-state index contributed by atoms with van der Waals surface area (Å²) in [5.41, 5.74) is 0.201. The van der Waals surface area contributed by atoms with Crippen LogP contribution in [-0.2, 0) is 30.3 Å². The van der Waals surface area contributed by atoms with Crippen molar-refractivity contribution in [3.8, 4) is 0 Å². The second-order valence-electron chi connectivity index (χ2n) is 10.2. The Morgan fingerprint density at radius 3 is 1.18 bits per heavy atom. The van der Waals surface area contributed by atoms with E-state index in [1.807, 2.05) is 127 Å². The largest absolute Gasteiger partial charge is 0.236 e. The molecule has 0 aliphatic rings. The number of rotatable bonds is 15. The number of benzene rings is 4. The molecule has 0 spiro atoms. The molecule has 0 bridgehead atoms. The van der Waals surface area contributed by atoms with Gasteiger partial charge in [0.1, 0.15) is 11.1 Å². The highest BCUT2D eigenvalue weighted by Crippen LogP contribution is 2.50. The summed E-state index contributed by atoms with van der Waals surface area (Å²) in [5.74, 6) is -1.18. The zero-order chi connectivity index (χ0) is 31.1. The lowest BCUT2D eigenvalue weighted by Crippen LogP contribution is -2.43. The van der Waals surface area contributed by atoms with Gasteiger partial charge in [0.2, 0.25) is 24.3 Å². The van der Waals surface area contributed by atoms with Crippen LogP contribution in [0, 0.1) is 11.8 Å². The van der Waals surface area contributed by atoms with Crippen molar-refractivity contribution in [1.82, 2.24) is 0 Å². The summed E-state index contributed by atoms with van der Waals surface area (Å²) in [6.07, 6.45) is 7.37. The number of carbonyl (C=O) groups excluding carboxylic acids is 4. The summed E-state index contributed by atoms with van der Waals surface area (Å²) in [5, 5.41) is 0. The summed E-state index contributed by atoms with van der Waals surface area (Å²) in [4.78, 5) is 64.2. The predicted molar refractivity (Wildman–Crippen MR) is 166 cm³/mol. The van der Waals surface area contributed by atoms with Crippen molar-refractivity contribution in [1.29, 1.82) is 0 Å². The minimum absolute atomic E-state index is 0.0591. The van der Waals surface area contributed by atoms with Gasteiger partial charge in [0.25, 0.3) is 0 Å². The summed E-state index contributed by atoms with van der Waals surface area (Å²) < 4.78 is 0. The number of isocyanates is 4. The average molecular weight is 583 g/mol. The van der Waals surface area contributed by atoms with E-state index in [0.717, 1.165) is 11.1 Å². The molecular weight excluding hydrogens is 552 g/mol. The number of hydrogen-bond acceptors (Lipinski definition) is 8. The Morgan fingerprint density at radius 1 is 0.477 bits per heavy atom. The van der Waals surface area contributed by atoms with E-state index in [9.17, 15) is 19.2 Å². The van der Waals surface area contributed by atoms with E-state index in [-0.39, 0.29) is 25.9 Å². The van der Waals surface area contributed by atoms with E-state index in [0.29, 0.717) is 11.1 Å². The SMILES string of the molecule is O=C=NCCC(CC(CN=C=O)C(N=C=O)(c1ccccc1)c1ccccc1)C(N=C=O)(c1ccccc1)c1ccccc1. The molecular formula is C36H30N4O4. The molecule has 0 amide bonds. The van der Waals surface area contributed by atoms with Crippen LogP contribution in [0.3, 0.4) is 0 Å². The van der Waals surface area contributed by atoms with Gasteiger partial charge in [0, 0.05) is 5.92 Å². The maximum atomic E-state index is 12.3. The van der Waals surface area contributed by atoms with Gasteiger partial charge in [-0.3, -0.25) is 0 Å². The Bertz CT molecular complexity index is 1610. The fourth-order valence-corrected chi connectivity index (χ4v) is 6.26. The highest BCUT2D eigenvalue weighted by molar-refractivity contribution is 5.49. The first kappa shape index (κ1) is 31.3. The van der Waals surface area contributed by atoms with E-state index in [2.05, 4.69) is 20.0 Å². The number of nitrogens with zero attached hydrogens (tertiary/aromatic N) is 4. The smallest absolute Gasteiger partial charge is 0.211 e. The molecule has 4 aromatic rings. The molecule has 0 aliphatic carbocycles. The summed E-state index contributed by atoms with van der Waals surface area (Å²) >= 11 is 0. The standard InChI is InChI=1S/C36H30N4O4/c41-25-37-22-21-33(35(39-27-43,29-13-5-1-6-14-29)30-15-7-2-8-16-30)23-34(24-38-26-42)36(40-28-44,31-17-9-3-10-18-31)32-19-11-4-12-20-32/h1-20,33-34H,21-24H2. The third-order valence-corrected chi connectivity index (χ3v) is 8.08. The van der Waals surface area contributed by atoms with Crippen molar-refractivity contribution in [2.24, 2.45) is 31.8 Å². The lowest BCUT2D eigenvalue weighted by Gasteiger charge is -2.43. The van der Waals surface area contributed by atoms with Crippen molar-refractivity contribution in [3.63, 3.8) is 0 Å². The predicted octanol–water partition coefficient (Wildman–Crippen LogP) is 6.23. The molecule has 2 unspecified atom stereocenters. The first-order chi connectivity index (χ1) is 21.7. The maximum absolute atomic E-state index is 12.3. The van der Waals surface area contributed by atoms with Crippen LogP contribution in [0.1, 0.15) is 35.1 Å². The lowest BCUT2D eigenvalue weighted by molar-refractivity contribution is 0.206. The van der Waals surface area contributed by atoms with Gasteiger partial charge in [-0.1, -0.05) is 121 Å². The van der Waals surface area contributed by atoms with Crippen LogP contribution in [0.25, 0.3) is 0 Å². The van der Waals surface area contributed by atoms with Gasteiger partial charge in [0.05, 0.1) is 13.1 Å². The van der Waals surface area contributed by atoms with E-state index in [4.69, 9.17) is 0 Å². The van der Waals surface area contributed by atoms with Crippen LogP contribution in [-0.4, -0.2) is 37.4 Å². The first-order valence-corrected chi connectivity index (χ1v) is 14.1. The molecule has 0 N–H and O–H groups in total. The summed E-state index contributed by atoms with van der Waals surface area (Å²) in [6.45, 7) is 0.0324. The van der Waals surface area contributed by atoms with Gasteiger partial charge in [-0.15, -0.1) is 0 Å². The van der Waals surface area contributed by atoms with Crippen molar-refractivity contribution in [3.05, 3.63) is 144 Å². The second kappa shape index (κ2) is 15.6. The van der Waals surface area contributed by atoms with Crippen LogP contribution in [0.15, 0.2) is 141 Å². The molecule has 0 saturated heterocycles. The second-order valence-corrected chi connectivity index (χ2v) is 10.2. The van der Waals surface area contributed by atoms with Gasteiger partial charge in [-0.25, -0.2) is 29.2 Å². The molecule has 4 aromatic carbocycles. The van der Waals surface area contributed by atoms with E-state index < -0.39 is 22.9 Å². The molecule has 0 saturated carbocycles. The topological polar surface area (TPSA) is 118 Å². The summed E-state index contributed by atoms with van der Waals surface area (Å²) in [7, 11) is 0. The van der Waals surface area contributed by atoms with Crippen molar-refractivity contribution < 1.29 is 19.2 Å². The third-order valence-electron chi connectivity index (χ3n) is 8.08. The van der Waals surface area contributed by atoms with E-state index >= 15 is 0 Å². The van der Waals surface area contributed by atoms with Crippen molar-refractivity contribution in [2.45, 2.75) is 23.9 Å². The molecule has 8 heteroatoms. The number of hydrogen-bond donors (Lipinski definition) is 0. The normalized spacial score (nSPS) is 12.3. The first-order valence-electron chi connectivity index (χ1n) is 14.1. The lowest BCUT2D eigenvalue weighted by atomic mass is 9.64. The summed E-state index contributed by atoms with van der Waals surface area (Å²) in [6, 6.07) is 37.3. The van der Waals surface area contributed by atoms with Crippen LogP contribution >= 0.6 is 0 Å². The fraction of sp³-hybridized carbons (Fsp3) is 0.222. The van der Waals surface area contributed by atoms with Gasteiger partial charge >= 0.3 is 0 Å². The Balaban J connectivity index is 2.06. The van der Waals surface area contributed by atoms with Crippen molar-refractivity contribution >= 4 is 24.3 Å². The third kappa shape index (κ3) is 6.56. The minimum Gasteiger partial charge on any atom is -0.211 e. The van der Waals surface area contributed by atoms with Gasteiger partial charge in [0.15, 0.2) is 0 Å². The molecule has 8 nitrogen and oxygen atoms in total. The van der Waals surface area contributed by atoms with Crippen LogP contribution in [0.5, 0.6) is 0 Å². The van der Waals surface area contributed by atoms with E-state index in [1.165, 1.54) is 0 Å². The Labute approximate surface area is 255 Å². The zero-order valence-electron chi connectivity index (χ0n) is 24.0. The Morgan fingerprint density at radius 2 is 0.841 bits per heavy atom. The minimum atomic E-state index is -1.33. The molecule has 0 heterocycles. The Kier molecular flexibility index (Phi) is 11.1. The maximum Gasteiger partial charge on any atom is 0.236 e. The van der Waals surface area contributed by atoms with Crippen LogP contribution in [0.2, 0.25) is 0 Å². The van der Waals surface area contributed by atoms with Crippen LogP contribution < -0.4 is 0 Å². The molecule has 0 aromatic heterocycles. The molecule has 0 aliphatic heterocycles. The van der Waals surface area contributed by atoms with Gasteiger partial charge in [-0.05, 0) is 41.0 Å². The fourth-order valence-electron chi connectivity index (χ4n) is 6.26. The monoisotopic (exact) mass is 582 g/mol. The van der Waals surface area contributed by atoms with Gasteiger partial charge in [-0.2, -0.15) is 9.98 Å². The molecule has 4 rings (SSSR count). The molecule has 218 valence electrons. The van der Waals surface area contributed by atoms with Crippen LogP contribution in [0.4, 0.5) is 0 Å². The average Bonchev–Trinajstić information content (AvgIpc) is 3.09. The number of aliphatic imine (C=N–C) groups is 4. The molecule has 0 radical (unpaired) electrons. The molecule has 0 fully saturated rings.